The van der Waals surface area contributed by atoms with Crippen molar-refractivity contribution in [3.8, 4) is 0 Å². The Bertz CT molecular complexity index is 1290. The number of aromatic carboxylic acids is 1. The molecule has 1 saturated heterocycles. The topological polar surface area (TPSA) is 91.6 Å². The molecule has 1 aliphatic carbocycles. The third-order valence-electron chi connectivity index (χ3n) is 6.10. The third-order valence-corrected chi connectivity index (χ3v) is 6.10. The Balaban J connectivity index is 1.63. The van der Waals surface area contributed by atoms with Crippen molar-refractivity contribution in [2.75, 3.05) is 36.0 Å². The molecule has 1 N–H and O–H groups in total. The molecule has 11 heteroatoms. The molecule has 1 saturated carbocycles. The lowest BCUT2D eigenvalue weighted by atomic mass is 10.0. The standard InChI is InChI=1S/C22H20F3N5O3/c23-15-10-13-17(30(12-2-3-12)11-14(19(13)31)21(32)33)16(20(24)25)18(15)28-6-8-29(9-7-28)22-26-4-1-5-27-22/h1,4-5,10-12,20H,2-3,6-9H2,(H,32,33). The van der Waals surface area contributed by atoms with E-state index in [0.29, 0.717) is 31.9 Å². The van der Waals surface area contributed by atoms with Crippen LogP contribution < -0.4 is 15.2 Å². The molecule has 0 unspecified atom stereocenters. The Hall–Kier alpha value is -3.63. The molecular weight excluding hydrogens is 439 g/mol. The van der Waals surface area contributed by atoms with Gasteiger partial charge < -0.3 is 19.5 Å². The number of hydrogen-bond donors (Lipinski definition) is 1. The quantitative estimate of drug-likeness (QED) is 0.626. The minimum atomic E-state index is -3.06. The summed E-state index contributed by atoms with van der Waals surface area (Å²) in [5, 5.41) is 9.06. The zero-order chi connectivity index (χ0) is 23.3. The monoisotopic (exact) mass is 459 g/mol. The molecule has 33 heavy (non-hydrogen) atoms. The Morgan fingerprint density at radius 3 is 2.30 bits per heavy atom. The number of nitrogens with zero attached hydrogens (tertiary/aromatic N) is 5. The van der Waals surface area contributed by atoms with Crippen LogP contribution >= 0.6 is 0 Å². The fourth-order valence-electron chi connectivity index (χ4n) is 4.41. The summed E-state index contributed by atoms with van der Waals surface area (Å²) in [4.78, 5) is 36.1. The molecule has 0 atom stereocenters. The fraction of sp³-hybridized carbons (Fsp3) is 0.364. The van der Waals surface area contributed by atoms with Crippen LogP contribution in [0.5, 0.6) is 0 Å². The number of carboxylic acid groups (broad SMARTS) is 1. The highest BCUT2D eigenvalue weighted by molar-refractivity contribution is 5.95. The van der Waals surface area contributed by atoms with Gasteiger partial charge in [-0.25, -0.2) is 27.9 Å². The second kappa shape index (κ2) is 8.05. The van der Waals surface area contributed by atoms with Crippen molar-refractivity contribution in [1.29, 1.82) is 0 Å². The maximum absolute atomic E-state index is 15.3. The Labute approximate surface area is 185 Å². The molecule has 0 spiro atoms. The van der Waals surface area contributed by atoms with Gasteiger partial charge in [-0.1, -0.05) is 0 Å². The molecule has 3 aromatic rings. The maximum Gasteiger partial charge on any atom is 0.341 e. The fourth-order valence-corrected chi connectivity index (χ4v) is 4.41. The van der Waals surface area contributed by atoms with Gasteiger partial charge >= 0.3 is 5.97 Å². The number of rotatable bonds is 5. The summed E-state index contributed by atoms with van der Waals surface area (Å²) in [6, 6.07) is 2.39. The zero-order valence-corrected chi connectivity index (χ0v) is 17.4. The van der Waals surface area contributed by atoms with Gasteiger partial charge in [0.05, 0.1) is 22.2 Å². The molecule has 0 amide bonds. The Morgan fingerprint density at radius 2 is 1.73 bits per heavy atom. The van der Waals surface area contributed by atoms with Crippen LogP contribution in [0.25, 0.3) is 10.9 Å². The van der Waals surface area contributed by atoms with Crippen LogP contribution in [0.15, 0.2) is 35.5 Å². The van der Waals surface area contributed by atoms with Crippen LogP contribution in [-0.4, -0.2) is 51.8 Å². The van der Waals surface area contributed by atoms with E-state index in [0.717, 1.165) is 12.3 Å². The van der Waals surface area contributed by atoms with Gasteiger partial charge in [0.1, 0.15) is 11.4 Å². The summed E-state index contributed by atoms with van der Waals surface area (Å²) in [6.45, 7) is 1.30. The van der Waals surface area contributed by atoms with Gasteiger partial charge in [0.15, 0.2) is 0 Å². The summed E-state index contributed by atoms with van der Waals surface area (Å²) >= 11 is 0. The van der Waals surface area contributed by atoms with Crippen molar-refractivity contribution < 1.29 is 23.1 Å². The minimum Gasteiger partial charge on any atom is -0.477 e. The van der Waals surface area contributed by atoms with Crippen molar-refractivity contribution in [2.45, 2.75) is 25.3 Å². The van der Waals surface area contributed by atoms with E-state index in [4.69, 9.17) is 0 Å². The smallest absolute Gasteiger partial charge is 0.341 e. The summed E-state index contributed by atoms with van der Waals surface area (Å²) in [5.41, 5.74) is -2.43. The molecule has 2 fully saturated rings. The number of halogens is 3. The largest absolute Gasteiger partial charge is 0.477 e. The average Bonchev–Trinajstić information content (AvgIpc) is 3.65. The maximum atomic E-state index is 15.3. The number of carbonyl (C=O) groups is 1. The molecule has 1 aromatic carbocycles. The van der Waals surface area contributed by atoms with Gasteiger partial charge in [-0.3, -0.25) is 4.79 Å². The van der Waals surface area contributed by atoms with Gasteiger partial charge in [-0.05, 0) is 25.0 Å². The first-order chi connectivity index (χ1) is 15.9. The number of aromatic nitrogens is 3. The van der Waals surface area contributed by atoms with Crippen LogP contribution in [0, 0.1) is 5.82 Å². The Kier molecular flexibility index (Phi) is 5.18. The van der Waals surface area contributed by atoms with E-state index in [1.54, 1.807) is 23.4 Å². The second-order valence-electron chi connectivity index (χ2n) is 8.16. The SMILES string of the molecule is O=C(O)c1cn(C2CC2)c2c(C(F)F)c(N3CCN(c4ncccn4)CC3)c(F)cc2c1=O. The highest BCUT2D eigenvalue weighted by Gasteiger charge is 2.34. The molecule has 1 aliphatic heterocycles. The molecule has 2 aliphatic rings. The van der Waals surface area contributed by atoms with E-state index in [1.165, 1.54) is 4.57 Å². The third kappa shape index (κ3) is 3.66. The molecule has 0 radical (unpaired) electrons. The predicted molar refractivity (Wildman–Crippen MR) is 115 cm³/mol. The van der Waals surface area contributed by atoms with E-state index in [2.05, 4.69) is 9.97 Å². The zero-order valence-electron chi connectivity index (χ0n) is 17.4. The Morgan fingerprint density at radius 1 is 1.09 bits per heavy atom. The molecule has 3 heterocycles. The number of carboxylic acids is 1. The van der Waals surface area contributed by atoms with Crippen molar-refractivity contribution in [3.63, 3.8) is 0 Å². The molecule has 8 nitrogen and oxygen atoms in total. The first-order valence-electron chi connectivity index (χ1n) is 10.6. The molecule has 0 bridgehead atoms. The van der Waals surface area contributed by atoms with Gasteiger partial charge in [0.2, 0.25) is 11.4 Å². The summed E-state index contributed by atoms with van der Waals surface area (Å²) in [6.07, 6.45) is 2.60. The molecule has 172 valence electrons. The number of piperazine rings is 1. The van der Waals surface area contributed by atoms with Crippen molar-refractivity contribution in [3.05, 3.63) is 57.9 Å². The second-order valence-corrected chi connectivity index (χ2v) is 8.16. The van der Waals surface area contributed by atoms with Gasteiger partial charge in [-0.2, -0.15) is 0 Å². The lowest BCUT2D eigenvalue weighted by molar-refractivity contribution is 0.0695. The van der Waals surface area contributed by atoms with Gasteiger partial charge in [0.25, 0.3) is 6.43 Å². The molecular formula is C22H20F3N5O3. The summed E-state index contributed by atoms with van der Waals surface area (Å²) < 4.78 is 45.6. The molecule has 5 rings (SSSR count). The number of pyridine rings is 1. The highest BCUT2D eigenvalue weighted by atomic mass is 19.3. The van der Waals surface area contributed by atoms with Crippen LogP contribution in [0.2, 0.25) is 0 Å². The van der Waals surface area contributed by atoms with E-state index in [-0.39, 0.29) is 35.7 Å². The average molecular weight is 459 g/mol. The first kappa shape index (κ1) is 21.2. The lowest BCUT2D eigenvalue weighted by Crippen LogP contribution is -2.47. The number of alkyl halides is 2. The summed E-state index contributed by atoms with van der Waals surface area (Å²) in [7, 11) is 0. The van der Waals surface area contributed by atoms with E-state index in [1.807, 2.05) is 4.90 Å². The number of benzene rings is 1. The number of anilines is 2. The molecule has 2 aromatic heterocycles. The van der Waals surface area contributed by atoms with E-state index >= 15 is 4.39 Å². The van der Waals surface area contributed by atoms with Gasteiger partial charge in [-0.15, -0.1) is 0 Å². The number of fused-ring (bicyclic) bond motifs is 1. The first-order valence-corrected chi connectivity index (χ1v) is 10.6. The van der Waals surface area contributed by atoms with Crippen LogP contribution in [0.1, 0.15) is 41.2 Å². The minimum absolute atomic E-state index is 0.0901. The van der Waals surface area contributed by atoms with Crippen molar-refractivity contribution in [2.24, 2.45) is 0 Å². The van der Waals surface area contributed by atoms with Gasteiger partial charge in [0, 0.05) is 50.8 Å². The number of hydrogen-bond acceptors (Lipinski definition) is 6. The van der Waals surface area contributed by atoms with E-state index < -0.39 is 34.8 Å². The van der Waals surface area contributed by atoms with Crippen LogP contribution in [0.4, 0.5) is 24.8 Å². The van der Waals surface area contributed by atoms with Crippen molar-refractivity contribution in [1.82, 2.24) is 14.5 Å². The predicted octanol–water partition coefficient (Wildman–Crippen LogP) is 3.23. The van der Waals surface area contributed by atoms with Crippen LogP contribution in [0.3, 0.4) is 0 Å². The normalized spacial score (nSPS) is 16.6. The van der Waals surface area contributed by atoms with Crippen LogP contribution in [-0.2, 0) is 0 Å². The lowest BCUT2D eigenvalue weighted by Gasteiger charge is -2.37. The van der Waals surface area contributed by atoms with Crippen molar-refractivity contribution >= 4 is 28.5 Å². The highest BCUT2D eigenvalue weighted by Crippen LogP contribution is 2.43. The van der Waals surface area contributed by atoms with E-state index in [9.17, 15) is 23.5 Å². The summed E-state index contributed by atoms with van der Waals surface area (Å²) in [5.74, 6) is -1.93.